The van der Waals surface area contributed by atoms with Gasteiger partial charge in [-0.25, -0.2) is 9.97 Å². The van der Waals surface area contributed by atoms with Crippen LogP contribution in [0.3, 0.4) is 0 Å². The number of aliphatic hydroxyl groups excluding tert-OH is 1. The first-order valence-electron chi connectivity index (χ1n) is 12.0. The third kappa shape index (κ3) is 4.66. The number of ether oxygens (including phenoxy) is 1. The molecule has 0 saturated heterocycles. The van der Waals surface area contributed by atoms with Crippen LogP contribution in [0.5, 0.6) is 5.75 Å². The maximum absolute atomic E-state index is 9.93. The number of nitrogen functional groups attached to an aromatic ring is 1. The zero-order valence-electron chi connectivity index (χ0n) is 20.7. The summed E-state index contributed by atoms with van der Waals surface area (Å²) in [6, 6.07) is 4.48. The summed E-state index contributed by atoms with van der Waals surface area (Å²) in [4.78, 5) is 11.2. The smallest absolute Gasteiger partial charge is 0.143 e. The van der Waals surface area contributed by atoms with Gasteiger partial charge in [0.15, 0.2) is 0 Å². The second-order valence-corrected chi connectivity index (χ2v) is 11.3. The molecule has 1 heterocycles. The van der Waals surface area contributed by atoms with Gasteiger partial charge in [0.2, 0.25) is 0 Å². The molecule has 2 aromatic rings. The Balaban J connectivity index is 1.83. The molecule has 1 aromatic carbocycles. The van der Waals surface area contributed by atoms with Crippen LogP contribution in [-0.4, -0.2) is 47.4 Å². The van der Waals surface area contributed by atoms with Crippen molar-refractivity contribution in [2.45, 2.75) is 77.4 Å². The van der Waals surface area contributed by atoms with E-state index in [1.54, 1.807) is 6.33 Å². The van der Waals surface area contributed by atoms with E-state index in [0.29, 0.717) is 12.4 Å². The van der Waals surface area contributed by atoms with Crippen LogP contribution < -0.4 is 21.1 Å². The van der Waals surface area contributed by atoms with Gasteiger partial charge in [0.05, 0.1) is 17.5 Å². The monoisotopic (exact) mass is 453 g/mol. The van der Waals surface area contributed by atoms with Crippen LogP contribution in [0.1, 0.15) is 64.5 Å². The maximum atomic E-state index is 9.93. The normalized spacial score (nSPS) is 21.8. The van der Waals surface area contributed by atoms with Crippen LogP contribution in [0.4, 0.5) is 11.5 Å². The Morgan fingerprint density at radius 3 is 2.55 bits per heavy atom. The van der Waals surface area contributed by atoms with E-state index in [-0.39, 0.29) is 29.6 Å². The van der Waals surface area contributed by atoms with E-state index in [2.05, 4.69) is 61.7 Å². The van der Waals surface area contributed by atoms with Crippen molar-refractivity contribution in [1.29, 1.82) is 0 Å². The third-order valence-electron chi connectivity index (χ3n) is 7.16. The van der Waals surface area contributed by atoms with Crippen LogP contribution in [0.15, 0.2) is 18.5 Å². The van der Waals surface area contributed by atoms with Crippen molar-refractivity contribution in [2.75, 3.05) is 30.8 Å². The van der Waals surface area contributed by atoms with Crippen molar-refractivity contribution in [3.05, 3.63) is 29.6 Å². The Morgan fingerprint density at radius 1 is 1.18 bits per heavy atom. The highest BCUT2D eigenvalue weighted by atomic mass is 16.5. The van der Waals surface area contributed by atoms with Gasteiger partial charge >= 0.3 is 0 Å². The number of fused-ring (bicyclic) bond motifs is 3. The molecule has 4 rings (SSSR count). The summed E-state index contributed by atoms with van der Waals surface area (Å²) in [5, 5.41) is 9.93. The van der Waals surface area contributed by atoms with Crippen molar-refractivity contribution in [3.63, 3.8) is 0 Å². The van der Waals surface area contributed by atoms with Crippen LogP contribution in [0, 0.1) is 5.41 Å². The molecule has 5 N–H and O–H groups in total. The second-order valence-electron chi connectivity index (χ2n) is 11.3. The van der Waals surface area contributed by atoms with Gasteiger partial charge in [-0.1, -0.05) is 27.7 Å². The first-order valence-corrected chi connectivity index (χ1v) is 12.0. The maximum Gasteiger partial charge on any atom is 0.143 e. The minimum absolute atomic E-state index is 0.112. The molecular formula is C26H39N5O2. The molecule has 0 radical (unpaired) electrons. The first kappa shape index (κ1) is 23.8. The molecular weight excluding hydrogens is 414 g/mol. The summed E-state index contributed by atoms with van der Waals surface area (Å²) in [6.45, 7) is 9.37. The Kier molecular flexibility index (Phi) is 6.31. The molecule has 0 amide bonds. The van der Waals surface area contributed by atoms with Gasteiger partial charge < -0.3 is 26.2 Å². The van der Waals surface area contributed by atoms with Gasteiger partial charge in [-0.15, -0.1) is 0 Å². The van der Waals surface area contributed by atoms with E-state index in [1.807, 2.05) is 0 Å². The number of nitrogens with zero attached hydrogens (tertiary/aromatic N) is 3. The minimum atomic E-state index is -0.249. The number of aliphatic hydroxyl groups is 1. The molecule has 0 unspecified atom stereocenters. The number of anilines is 2. The van der Waals surface area contributed by atoms with E-state index < -0.39 is 0 Å². The van der Waals surface area contributed by atoms with Crippen LogP contribution in [0.2, 0.25) is 0 Å². The molecule has 0 bridgehead atoms. The Labute approximate surface area is 197 Å². The fourth-order valence-electron chi connectivity index (χ4n) is 5.49. The Morgan fingerprint density at radius 2 is 1.88 bits per heavy atom. The summed E-state index contributed by atoms with van der Waals surface area (Å²) in [6.07, 6.45) is 6.46. The predicted molar refractivity (Wildman–Crippen MR) is 134 cm³/mol. The zero-order chi connectivity index (χ0) is 24.0. The average molecular weight is 454 g/mol. The lowest BCUT2D eigenvalue weighted by molar-refractivity contribution is 0.146. The number of nitrogens with two attached hydrogens (primary N) is 2. The molecule has 2 aliphatic rings. The lowest BCUT2D eigenvalue weighted by Crippen LogP contribution is -2.37. The molecule has 7 heteroatoms. The predicted octanol–water partition coefficient (Wildman–Crippen LogP) is 3.66. The summed E-state index contributed by atoms with van der Waals surface area (Å²) in [7, 11) is 2.09. The first-order chi connectivity index (χ1) is 15.5. The van der Waals surface area contributed by atoms with Gasteiger partial charge in [-0.3, -0.25) is 0 Å². The molecule has 0 spiro atoms. The van der Waals surface area contributed by atoms with E-state index in [9.17, 15) is 5.11 Å². The van der Waals surface area contributed by atoms with Crippen LogP contribution in [0.25, 0.3) is 11.3 Å². The van der Waals surface area contributed by atoms with Gasteiger partial charge in [0.25, 0.3) is 0 Å². The SMILES string of the molecule is CN(CC(C)(C)CO)c1c(O[C@H]2CC[C@H](N)CC2)ccc2c1CC(C)(C)c1c(N)ncnc1-2. The standard InChI is InChI=1S/C26H39N5O2/c1-25(2,14-32)13-31(5)23-19-12-26(3,4)21-22(29-15-30-24(21)28)18(19)10-11-20(23)33-17-8-6-16(27)7-9-17/h10-11,15-17,32H,6-9,12-14,27H2,1-5H3,(H2,28,29,30)/t16-,17-. The molecule has 7 nitrogen and oxygen atoms in total. The average Bonchev–Trinajstić information content (AvgIpc) is 2.74. The van der Waals surface area contributed by atoms with Gasteiger partial charge in [0.1, 0.15) is 17.9 Å². The number of benzene rings is 1. The number of aromatic nitrogens is 2. The number of hydrogen-bond donors (Lipinski definition) is 3. The second kappa shape index (κ2) is 8.76. The third-order valence-corrected chi connectivity index (χ3v) is 7.16. The lowest BCUT2D eigenvalue weighted by atomic mass is 9.71. The van der Waals surface area contributed by atoms with E-state index in [4.69, 9.17) is 16.2 Å². The highest BCUT2D eigenvalue weighted by Gasteiger charge is 2.38. The van der Waals surface area contributed by atoms with Crippen LogP contribution in [-0.2, 0) is 11.8 Å². The molecule has 2 aliphatic carbocycles. The van der Waals surface area contributed by atoms with Crippen molar-refractivity contribution in [1.82, 2.24) is 9.97 Å². The molecule has 180 valence electrons. The molecule has 0 atom stereocenters. The van der Waals surface area contributed by atoms with Crippen molar-refractivity contribution in [3.8, 4) is 17.0 Å². The highest BCUT2D eigenvalue weighted by molar-refractivity contribution is 5.83. The Hall–Kier alpha value is -2.38. The highest BCUT2D eigenvalue weighted by Crippen LogP contribution is 2.49. The van der Waals surface area contributed by atoms with E-state index >= 15 is 0 Å². The Bertz CT molecular complexity index is 1010. The fourth-order valence-corrected chi connectivity index (χ4v) is 5.49. The van der Waals surface area contributed by atoms with Gasteiger partial charge in [-0.2, -0.15) is 0 Å². The van der Waals surface area contributed by atoms with E-state index in [1.165, 1.54) is 5.56 Å². The van der Waals surface area contributed by atoms with Gasteiger partial charge in [0, 0.05) is 42.8 Å². The molecule has 1 aromatic heterocycles. The van der Waals surface area contributed by atoms with Gasteiger partial charge in [-0.05, 0) is 55.2 Å². The number of hydrogen-bond acceptors (Lipinski definition) is 7. The van der Waals surface area contributed by atoms with Crippen LogP contribution >= 0.6 is 0 Å². The molecule has 1 fully saturated rings. The largest absolute Gasteiger partial charge is 0.488 e. The number of rotatable bonds is 6. The molecule has 0 aliphatic heterocycles. The van der Waals surface area contributed by atoms with Crippen molar-refractivity contribution < 1.29 is 9.84 Å². The summed E-state index contributed by atoms with van der Waals surface area (Å²) >= 11 is 0. The lowest BCUT2D eigenvalue weighted by Gasteiger charge is -2.39. The molecule has 1 saturated carbocycles. The minimum Gasteiger partial charge on any atom is -0.488 e. The topological polar surface area (TPSA) is 111 Å². The summed E-state index contributed by atoms with van der Waals surface area (Å²) in [5.41, 5.74) is 17.3. The molecule has 33 heavy (non-hydrogen) atoms. The fraction of sp³-hybridized carbons (Fsp3) is 0.615. The zero-order valence-corrected chi connectivity index (χ0v) is 20.7. The van der Waals surface area contributed by atoms with E-state index in [0.717, 1.165) is 60.4 Å². The summed E-state index contributed by atoms with van der Waals surface area (Å²) < 4.78 is 6.63. The quantitative estimate of drug-likeness (QED) is 0.612. The van der Waals surface area contributed by atoms with Crippen molar-refractivity contribution >= 4 is 11.5 Å². The van der Waals surface area contributed by atoms with Crippen molar-refractivity contribution in [2.24, 2.45) is 11.1 Å². The summed E-state index contributed by atoms with van der Waals surface area (Å²) in [5.74, 6) is 1.44.